The molecule has 0 saturated heterocycles. The number of hydrogen-bond donors (Lipinski definition) is 1. The first-order valence-electron chi connectivity index (χ1n) is 5.79. The highest BCUT2D eigenvalue weighted by molar-refractivity contribution is 5.92. The summed E-state index contributed by atoms with van der Waals surface area (Å²) in [5.41, 5.74) is 0.166. The molecule has 0 spiro atoms. The molecule has 0 radical (unpaired) electrons. The van der Waals surface area contributed by atoms with Crippen LogP contribution in [0.4, 0.5) is 14.6 Å². The highest BCUT2D eigenvalue weighted by Gasteiger charge is 2.17. The summed E-state index contributed by atoms with van der Waals surface area (Å²) in [4.78, 5) is 16.9. The topological polar surface area (TPSA) is 45.2 Å². The van der Waals surface area contributed by atoms with E-state index in [1.165, 1.54) is 13.1 Å². The molecule has 0 saturated carbocycles. The van der Waals surface area contributed by atoms with Crippen LogP contribution in [0.3, 0.4) is 0 Å². The summed E-state index contributed by atoms with van der Waals surface area (Å²) in [6.07, 6.45) is -1.61. The van der Waals surface area contributed by atoms with Crippen LogP contribution >= 0.6 is 0 Å². The number of aromatic nitrogens is 1. The third kappa shape index (κ3) is 4.27. The highest BCUT2D eigenvalue weighted by Crippen LogP contribution is 2.08. The van der Waals surface area contributed by atoms with Crippen LogP contribution in [0.25, 0.3) is 0 Å². The maximum atomic E-state index is 12.2. The van der Waals surface area contributed by atoms with E-state index in [0.29, 0.717) is 5.82 Å². The van der Waals surface area contributed by atoms with Crippen LogP contribution in [-0.4, -0.2) is 42.4 Å². The Labute approximate surface area is 105 Å². The van der Waals surface area contributed by atoms with Crippen LogP contribution in [0.5, 0.6) is 0 Å². The monoisotopic (exact) mass is 257 g/mol. The second kappa shape index (κ2) is 6.88. The van der Waals surface area contributed by atoms with Crippen molar-refractivity contribution in [2.24, 2.45) is 0 Å². The molecule has 4 nitrogen and oxygen atoms in total. The standard InChI is InChI=1S/C12H17F2N3O/c1-3-7-15-11-6-4-5-9(16-11)12(18)17(2)8-10(13)14/h4-6,10H,3,7-8H2,1-2H3,(H,15,16). The van der Waals surface area contributed by atoms with E-state index < -0.39 is 18.9 Å². The predicted molar refractivity (Wildman–Crippen MR) is 66.0 cm³/mol. The fourth-order valence-electron chi connectivity index (χ4n) is 1.39. The third-order valence-corrected chi connectivity index (χ3v) is 2.28. The molecule has 6 heteroatoms. The third-order valence-electron chi connectivity index (χ3n) is 2.28. The Hall–Kier alpha value is -1.72. The van der Waals surface area contributed by atoms with Gasteiger partial charge in [-0.1, -0.05) is 13.0 Å². The van der Waals surface area contributed by atoms with Crippen LogP contribution < -0.4 is 5.32 Å². The predicted octanol–water partition coefficient (Wildman–Crippen LogP) is 2.24. The van der Waals surface area contributed by atoms with Crippen LogP contribution in [0.1, 0.15) is 23.8 Å². The zero-order chi connectivity index (χ0) is 13.5. The molecule has 1 aromatic rings. The Morgan fingerprint density at radius 1 is 1.50 bits per heavy atom. The molecule has 1 amide bonds. The van der Waals surface area contributed by atoms with Gasteiger partial charge in [-0.25, -0.2) is 13.8 Å². The number of carbonyl (C=O) groups is 1. The van der Waals surface area contributed by atoms with Crippen molar-refractivity contribution in [1.82, 2.24) is 9.88 Å². The van der Waals surface area contributed by atoms with E-state index in [2.05, 4.69) is 10.3 Å². The Kier molecular flexibility index (Phi) is 5.48. The zero-order valence-corrected chi connectivity index (χ0v) is 10.5. The number of rotatable bonds is 6. The lowest BCUT2D eigenvalue weighted by atomic mass is 10.3. The molecule has 100 valence electrons. The number of nitrogens with one attached hydrogen (secondary N) is 1. The van der Waals surface area contributed by atoms with Gasteiger partial charge in [0.1, 0.15) is 11.5 Å². The molecule has 0 atom stereocenters. The number of amides is 1. The van der Waals surface area contributed by atoms with E-state index in [4.69, 9.17) is 0 Å². The zero-order valence-electron chi connectivity index (χ0n) is 10.5. The van der Waals surface area contributed by atoms with Crippen molar-refractivity contribution < 1.29 is 13.6 Å². The van der Waals surface area contributed by atoms with Crippen molar-refractivity contribution >= 4 is 11.7 Å². The van der Waals surface area contributed by atoms with Gasteiger partial charge in [0.2, 0.25) is 0 Å². The molecule has 0 aliphatic carbocycles. The summed E-state index contributed by atoms with van der Waals surface area (Å²) in [6, 6.07) is 4.93. The summed E-state index contributed by atoms with van der Waals surface area (Å²) in [5.74, 6) is 0.0728. The number of pyridine rings is 1. The van der Waals surface area contributed by atoms with Crippen molar-refractivity contribution in [2.75, 3.05) is 25.5 Å². The minimum atomic E-state index is -2.54. The first kappa shape index (κ1) is 14.3. The molecule has 0 aliphatic rings. The second-order valence-corrected chi connectivity index (χ2v) is 3.91. The molecule has 1 N–H and O–H groups in total. The van der Waals surface area contributed by atoms with Crippen LogP contribution in [-0.2, 0) is 0 Å². The van der Waals surface area contributed by atoms with E-state index >= 15 is 0 Å². The van der Waals surface area contributed by atoms with Crippen LogP contribution in [0.2, 0.25) is 0 Å². The van der Waals surface area contributed by atoms with Gasteiger partial charge in [-0.3, -0.25) is 4.79 Å². The van der Waals surface area contributed by atoms with Crippen molar-refractivity contribution in [3.05, 3.63) is 23.9 Å². The van der Waals surface area contributed by atoms with Gasteiger partial charge < -0.3 is 10.2 Å². The van der Waals surface area contributed by atoms with Crippen molar-refractivity contribution in [3.63, 3.8) is 0 Å². The summed E-state index contributed by atoms with van der Waals surface area (Å²) in [5, 5.41) is 3.04. The average molecular weight is 257 g/mol. The first-order valence-corrected chi connectivity index (χ1v) is 5.79. The van der Waals surface area contributed by atoms with Gasteiger partial charge >= 0.3 is 0 Å². The van der Waals surface area contributed by atoms with Gasteiger partial charge in [-0.15, -0.1) is 0 Å². The summed E-state index contributed by atoms with van der Waals surface area (Å²) < 4.78 is 24.4. The summed E-state index contributed by atoms with van der Waals surface area (Å²) in [6.45, 7) is 2.17. The lowest BCUT2D eigenvalue weighted by Crippen LogP contribution is -2.31. The second-order valence-electron chi connectivity index (χ2n) is 3.91. The Morgan fingerprint density at radius 2 is 2.22 bits per heavy atom. The lowest BCUT2D eigenvalue weighted by molar-refractivity contribution is 0.0615. The summed E-state index contributed by atoms with van der Waals surface area (Å²) in [7, 11) is 1.34. The average Bonchev–Trinajstić information content (AvgIpc) is 2.35. The van der Waals surface area contributed by atoms with Gasteiger partial charge in [-0.2, -0.15) is 0 Å². The van der Waals surface area contributed by atoms with Gasteiger partial charge in [0, 0.05) is 13.6 Å². The molecular weight excluding hydrogens is 240 g/mol. The molecular formula is C12H17F2N3O. The molecule has 0 aromatic carbocycles. The lowest BCUT2D eigenvalue weighted by Gasteiger charge is -2.16. The van der Waals surface area contributed by atoms with Gasteiger partial charge in [0.25, 0.3) is 12.3 Å². The normalized spacial score (nSPS) is 10.5. The van der Waals surface area contributed by atoms with Crippen LogP contribution in [0, 0.1) is 0 Å². The van der Waals surface area contributed by atoms with E-state index in [0.717, 1.165) is 17.9 Å². The van der Waals surface area contributed by atoms with E-state index in [1.54, 1.807) is 12.1 Å². The minimum Gasteiger partial charge on any atom is -0.370 e. The van der Waals surface area contributed by atoms with Crippen molar-refractivity contribution in [3.8, 4) is 0 Å². The molecule has 1 rings (SSSR count). The molecule has 0 unspecified atom stereocenters. The highest BCUT2D eigenvalue weighted by atomic mass is 19.3. The molecule has 1 aromatic heterocycles. The first-order chi connectivity index (χ1) is 8.54. The van der Waals surface area contributed by atoms with Gasteiger partial charge in [0.15, 0.2) is 0 Å². The number of carbonyl (C=O) groups excluding carboxylic acids is 1. The Balaban J connectivity index is 2.73. The van der Waals surface area contributed by atoms with Gasteiger partial charge in [0.05, 0.1) is 6.54 Å². The number of halogens is 2. The van der Waals surface area contributed by atoms with Crippen molar-refractivity contribution in [2.45, 2.75) is 19.8 Å². The SMILES string of the molecule is CCCNc1cccc(C(=O)N(C)CC(F)F)n1. The number of anilines is 1. The number of nitrogens with zero attached hydrogens (tertiary/aromatic N) is 2. The number of hydrogen-bond acceptors (Lipinski definition) is 3. The quantitative estimate of drug-likeness (QED) is 0.850. The van der Waals surface area contributed by atoms with Gasteiger partial charge in [-0.05, 0) is 18.6 Å². The molecule has 0 fully saturated rings. The maximum Gasteiger partial charge on any atom is 0.272 e. The maximum absolute atomic E-state index is 12.2. The van der Waals surface area contributed by atoms with E-state index in [9.17, 15) is 13.6 Å². The molecule has 0 bridgehead atoms. The molecule has 18 heavy (non-hydrogen) atoms. The van der Waals surface area contributed by atoms with E-state index in [1.807, 2.05) is 6.92 Å². The van der Waals surface area contributed by atoms with Crippen LogP contribution in [0.15, 0.2) is 18.2 Å². The minimum absolute atomic E-state index is 0.166. The number of alkyl halides is 2. The smallest absolute Gasteiger partial charge is 0.272 e. The summed E-state index contributed by atoms with van der Waals surface area (Å²) >= 11 is 0. The fraction of sp³-hybridized carbons (Fsp3) is 0.500. The fourth-order valence-corrected chi connectivity index (χ4v) is 1.39. The Bertz CT molecular complexity index is 399. The molecule has 1 heterocycles. The molecule has 0 aliphatic heterocycles. The largest absolute Gasteiger partial charge is 0.370 e. The van der Waals surface area contributed by atoms with Crippen molar-refractivity contribution in [1.29, 1.82) is 0 Å². The van der Waals surface area contributed by atoms with E-state index in [-0.39, 0.29) is 5.69 Å². The Morgan fingerprint density at radius 3 is 2.83 bits per heavy atom.